The molecule has 1 aromatic carbocycles. The Hall–Kier alpha value is -1.41. The Labute approximate surface area is 127 Å². The molecule has 1 saturated carbocycles. The van der Waals surface area contributed by atoms with E-state index in [0.29, 0.717) is 0 Å². The van der Waals surface area contributed by atoms with Gasteiger partial charge < -0.3 is 4.74 Å². The number of carbonyl (C=O) groups excluding carboxylic acids is 1. The van der Waals surface area contributed by atoms with E-state index in [2.05, 4.69) is 0 Å². The number of fused-ring (bicyclic) bond motifs is 2. The molecule has 0 amide bonds. The van der Waals surface area contributed by atoms with Crippen molar-refractivity contribution < 1.29 is 18.7 Å². The number of nitrogens with zero attached hydrogens (tertiary/aromatic N) is 1. The third-order valence-electron chi connectivity index (χ3n) is 3.86. The molecule has 1 saturated heterocycles. The van der Waals surface area contributed by atoms with Gasteiger partial charge in [-0.15, -0.1) is 0 Å². The van der Waals surface area contributed by atoms with Crippen LogP contribution in [0, 0.1) is 16.0 Å². The van der Waals surface area contributed by atoms with Gasteiger partial charge in [-0.25, -0.2) is 9.00 Å². The average molecular weight is 327 g/mol. The minimum Gasteiger partial charge on any atom is -0.457 e. The van der Waals surface area contributed by atoms with Gasteiger partial charge in [0.15, 0.2) is 0 Å². The second-order valence-corrected chi connectivity index (χ2v) is 8.48. The highest BCUT2D eigenvalue weighted by atomic mass is 33.1. The Morgan fingerprint density at radius 3 is 2.71 bits per heavy atom. The van der Waals surface area contributed by atoms with E-state index in [1.807, 2.05) is 0 Å². The fourth-order valence-electron chi connectivity index (χ4n) is 2.72. The summed E-state index contributed by atoms with van der Waals surface area (Å²) in [6.07, 6.45) is 1.46. The smallest absolute Gasteiger partial charge is 0.338 e. The number of hydrogen-bond acceptors (Lipinski definition) is 6. The minimum atomic E-state index is -0.999. The molecule has 1 aliphatic heterocycles. The summed E-state index contributed by atoms with van der Waals surface area (Å²) in [4.78, 5) is 22.2. The molecule has 0 N–H and O–H groups in total. The highest BCUT2D eigenvalue weighted by molar-refractivity contribution is 8.69. The van der Waals surface area contributed by atoms with E-state index in [-0.39, 0.29) is 28.5 Å². The van der Waals surface area contributed by atoms with Crippen molar-refractivity contribution in [1.82, 2.24) is 0 Å². The zero-order chi connectivity index (χ0) is 15.0. The summed E-state index contributed by atoms with van der Waals surface area (Å²) in [7, 11) is 0.436. The predicted molar refractivity (Wildman–Crippen MR) is 79.4 cm³/mol. The van der Waals surface area contributed by atoms with Crippen molar-refractivity contribution in [2.24, 2.45) is 5.92 Å². The van der Waals surface area contributed by atoms with Crippen molar-refractivity contribution in [3.63, 3.8) is 0 Å². The van der Waals surface area contributed by atoms with Gasteiger partial charge in [0.05, 0.1) is 25.6 Å². The summed E-state index contributed by atoms with van der Waals surface area (Å²) in [5.41, 5.74) is 0.214. The van der Waals surface area contributed by atoms with Gasteiger partial charge in [0.2, 0.25) is 0 Å². The van der Waals surface area contributed by atoms with Gasteiger partial charge in [-0.05, 0) is 25.0 Å². The molecule has 8 heteroatoms. The molecule has 3 rings (SSSR count). The Kier molecular flexibility index (Phi) is 3.99. The highest BCUT2D eigenvalue weighted by Crippen LogP contribution is 2.42. The van der Waals surface area contributed by atoms with Gasteiger partial charge in [0.25, 0.3) is 5.69 Å². The van der Waals surface area contributed by atoms with E-state index >= 15 is 0 Å². The zero-order valence-corrected chi connectivity index (χ0v) is 12.6. The fraction of sp³-hybridized carbons (Fsp3) is 0.462. The molecule has 6 nitrogen and oxygen atoms in total. The van der Waals surface area contributed by atoms with Crippen LogP contribution in [0.3, 0.4) is 0 Å². The van der Waals surface area contributed by atoms with E-state index in [9.17, 15) is 19.1 Å². The molecule has 21 heavy (non-hydrogen) atoms. The molecule has 1 aliphatic carbocycles. The number of esters is 1. The number of hydrogen-bond donors (Lipinski definition) is 0. The highest BCUT2D eigenvalue weighted by Gasteiger charge is 2.46. The second kappa shape index (κ2) is 5.76. The lowest BCUT2D eigenvalue weighted by Gasteiger charge is -2.28. The maximum absolute atomic E-state index is 12.1. The summed E-state index contributed by atoms with van der Waals surface area (Å²) in [6.45, 7) is 0. The summed E-state index contributed by atoms with van der Waals surface area (Å²) in [5.74, 6) is 0.511. The number of nitro benzene ring substituents is 1. The van der Waals surface area contributed by atoms with Crippen LogP contribution in [0.1, 0.15) is 23.2 Å². The van der Waals surface area contributed by atoms with Crippen LogP contribution >= 0.6 is 10.8 Å². The third-order valence-corrected chi connectivity index (χ3v) is 7.50. The third kappa shape index (κ3) is 2.82. The molecule has 2 aliphatic rings. The summed E-state index contributed by atoms with van der Waals surface area (Å²) in [6, 6.07) is 5.33. The van der Waals surface area contributed by atoms with E-state index in [0.717, 1.165) is 18.6 Å². The van der Waals surface area contributed by atoms with Crippen LogP contribution in [-0.4, -0.2) is 32.2 Å². The Morgan fingerprint density at radius 2 is 2.05 bits per heavy atom. The monoisotopic (exact) mass is 327 g/mol. The maximum atomic E-state index is 12.1. The molecule has 2 fully saturated rings. The van der Waals surface area contributed by atoms with Crippen LogP contribution in [-0.2, 0) is 14.6 Å². The van der Waals surface area contributed by atoms with E-state index < -0.39 is 20.7 Å². The number of rotatable bonds is 3. The molecular formula is C13H13NO5S2. The molecule has 1 aromatic rings. The van der Waals surface area contributed by atoms with E-state index in [1.54, 1.807) is 0 Å². The normalized spacial score (nSPS) is 30.9. The lowest BCUT2D eigenvalue weighted by Crippen LogP contribution is -2.37. The van der Waals surface area contributed by atoms with Crippen molar-refractivity contribution in [2.45, 2.75) is 24.2 Å². The summed E-state index contributed by atoms with van der Waals surface area (Å²) < 4.78 is 17.4. The molecule has 4 atom stereocenters. The van der Waals surface area contributed by atoms with Gasteiger partial charge in [0, 0.05) is 23.8 Å². The fourth-order valence-corrected chi connectivity index (χ4v) is 6.45. The first-order chi connectivity index (χ1) is 10.1. The molecule has 0 spiro atoms. The standard InChI is InChI=1S/C13H13NO5S2/c15-13(8-1-4-10(5-2-8)14(16)17)19-12-9-3-6-11(12)21(18)20-7-9/h1-2,4-5,9,11-12H,3,6-7H2/t9-,11-,12+,21?/m1/s1. The van der Waals surface area contributed by atoms with Gasteiger partial charge in [-0.2, -0.15) is 0 Å². The van der Waals surface area contributed by atoms with Gasteiger partial charge in [0.1, 0.15) is 6.10 Å². The van der Waals surface area contributed by atoms with Crippen molar-refractivity contribution in [1.29, 1.82) is 0 Å². The molecule has 0 aromatic heterocycles. The lowest BCUT2D eigenvalue weighted by molar-refractivity contribution is -0.384. The van der Waals surface area contributed by atoms with Crippen LogP contribution in [0.4, 0.5) is 5.69 Å². The van der Waals surface area contributed by atoms with Crippen LogP contribution in [0.25, 0.3) is 0 Å². The zero-order valence-electron chi connectivity index (χ0n) is 11.0. The number of benzene rings is 1. The first-order valence-corrected chi connectivity index (χ1v) is 9.27. The summed E-state index contributed by atoms with van der Waals surface area (Å²) >= 11 is 0. The molecule has 2 bridgehead atoms. The molecule has 112 valence electrons. The Bertz CT molecular complexity index is 603. The average Bonchev–Trinajstić information content (AvgIpc) is 2.77. The molecule has 1 heterocycles. The van der Waals surface area contributed by atoms with Crippen LogP contribution in [0.5, 0.6) is 0 Å². The van der Waals surface area contributed by atoms with Crippen molar-refractivity contribution in [2.75, 3.05) is 5.75 Å². The molecule has 1 unspecified atom stereocenters. The van der Waals surface area contributed by atoms with E-state index in [1.165, 1.54) is 35.1 Å². The van der Waals surface area contributed by atoms with Gasteiger partial charge >= 0.3 is 5.97 Å². The quantitative estimate of drug-likeness (QED) is 0.366. The number of carbonyl (C=O) groups is 1. The van der Waals surface area contributed by atoms with Crippen molar-refractivity contribution >= 4 is 32.3 Å². The molecular weight excluding hydrogens is 314 g/mol. The SMILES string of the molecule is O=C(O[C@H]1[C@@H]2CC[C@H]1S(=O)SC2)c1ccc([N+](=O)[O-])cc1. The first kappa shape index (κ1) is 14.5. The number of ether oxygens (including phenoxy) is 1. The van der Waals surface area contributed by atoms with Crippen LogP contribution in [0.15, 0.2) is 24.3 Å². The lowest BCUT2D eigenvalue weighted by atomic mass is 10.1. The number of non-ortho nitro benzene ring substituents is 1. The van der Waals surface area contributed by atoms with Crippen molar-refractivity contribution in [3.8, 4) is 0 Å². The first-order valence-electron chi connectivity index (χ1n) is 6.55. The van der Waals surface area contributed by atoms with Crippen molar-refractivity contribution in [3.05, 3.63) is 39.9 Å². The van der Waals surface area contributed by atoms with Gasteiger partial charge in [-0.3, -0.25) is 10.1 Å². The van der Waals surface area contributed by atoms with Crippen LogP contribution < -0.4 is 0 Å². The Morgan fingerprint density at radius 1 is 1.33 bits per heavy atom. The number of nitro groups is 1. The Balaban J connectivity index is 1.71. The summed E-state index contributed by atoms with van der Waals surface area (Å²) in [5, 5.41) is 10.5. The maximum Gasteiger partial charge on any atom is 0.338 e. The van der Waals surface area contributed by atoms with Crippen LogP contribution in [0.2, 0.25) is 0 Å². The minimum absolute atomic E-state index is 0.0678. The second-order valence-electron chi connectivity index (χ2n) is 5.09. The topological polar surface area (TPSA) is 86.5 Å². The molecule has 0 radical (unpaired) electrons. The predicted octanol–water partition coefficient (Wildman–Crippen LogP) is 2.31. The largest absolute Gasteiger partial charge is 0.457 e. The van der Waals surface area contributed by atoms with E-state index in [4.69, 9.17) is 4.74 Å². The van der Waals surface area contributed by atoms with Gasteiger partial charge in [-0.1, -0.05) is 10.8 Å².